The summed E-state index contributed by atoms with van der Waals surface area (Å²) in [7, 11) is -3.62. The van der Waals surface area contributed by atoms with Gasteiger partial charge in [0.2, 0.25) is 10.0 Å². The number of nitrogens with zero attached hydrogens (tertiary/aromatic N) is 1. The Hall–Kier alpha value is -2.32. The SMILES string of the molecule is O=C(Nc1cccc(S(=O)(=O)N2CCCC2)c1)c1ccc(F)cc1F. The minimum Gasteiger partial charge on any atom is -0.322 e. The zero-order valence-electron chi connectivity index (χ0n) is 13.2. The molecule has 25 heavy (non-hydrogen) atoms. The van der Waals surface area contributed by atoms with Crippen LogP contribution in [0.1, 0.15) is 23.2 Å². The summed E-state index contributed by atoms with van der Waals surface area (Å²) in [5.74, 6) is -2.56. The van der Waals surface area contributed by atoms with E-state index in [1.54, 1.807) is 0 Å². The van der Waals surface area contributed by atoms with E-state index < -0.39 is 27.6 Å². The number of carbonyl (C=O) groups is 1. The predicted octanol–water partition coefficient (Wildman–Crippen LogP) is 3.00. The summed E-state index contributed by atoms with van der Waals surface area (Å²) in [5, 5.41) is 2.44. The van der Waals surface area contributed by atoms with E-state index in [0.29, 0.717) is 19.2 Å². The standard InChI is InChI=1S/C17H16F2N2O3S/c18-12-6-7-15(16(19)10-12)17(22)20-13-4-3-5-14(11-13)25(23,24)21-8-1-2-9-21/h3-7,10-11H,1-2,8-9H2,(H,20,22). The van der Waals surface area contributed by atoms with Gasteiger partial charge < -0.3 is 5.32 Å². The zero-order valence-corrected chi connectivity index (χ0v) is 14.0. The smallest absolute Gasteiger partial charge is 0.258 e. The molecular formula is C17H16F2N2O3S. The lowest BCUT2D eigenvalue weighted by atomic mass is 10.2. The van der Waals surface area contributed by atoms with E-state index in [2.05, 4.69) is 5.32 Å². The predicted molar refractivity (Wildman–Crippen MR) is 88.7 cm³/mol. The van der Waals surface area contributed by atoms with Crippen LogP contribution in [0.4, 0.5) is 14.5 Å². The van der Waals surface area contributed by atoms with E-state index in [0.717, 1.165) is 25.0 Å². The summed E-state index contributed by atoms with van der Waals surface area (Å²) < 4.78 is 53.1. The summed E-state index contributed by atoms with van der Waals surface area (Å²) >= 11 is 0. The molecule has 2 aromatic rings. The molecule has 2 aromatic carbocycles. The van der Waals surface area contributed by atoms with Crippen LogP contribution in [0.15, 0.2) is 47.4 Å². The highest BCUT2D eigenvalue weighted by atomic mass is 32.2. The molecule has 0 aliphatic carbocycles. The molecule has 5 nitrogen and oxygen atoms in total. The number of hydrogen-bond acceptors (Lipinski definition) is 3. The molecule has 0 aromatic heterocycles. The average molecular weight is 366 g/mol. The summed E-state index contributed by atoms with van der Waals surface area (Å²) in [4.78, 5) is 12.2. The summed E-state index contributed by atoms with van der Waals surface area (Å²) in [6, 6.07) is 8.40. The van der Waals surface area contributed by atoms with Crippen molar-refractivity contribution in [2.75, 3.05) is 18.4 Å². The zero-order chi connectivity index (χ0) is 18.0. The van der Waals surface area contributed by atoms with Crippen molar-refractivity contribution in [1.29, 1.82) is 0 Å². The average Bonchev–Trinajstić information content (AvgIpc) is 3.10. The van der Waals surface area contributed by atoms with E-state index in [-0.39, 0.29) is 16.1 Å². The number of nitrogens with one attached hydrogen (secondary N) is 1. The Morgan fingerprint density at radius 1 is 1.04 bits per heavy atom. The van der Waals surface area contributed by atoms with Crippen LogP contribution in [-0.4, -0.2) is 31.7 Å². The molecule has 8 heteroatoms. The molecule has 1 fully saturated rings. The van der Waals surface area contributed by atoms with Gasteiger partial charge in [-0.15, -0.1) is 0 Å². The van der Waals surface area contributed by atoms with Crippen LogP contribution in [0.2, 0.25) is 0 Å². The second-order valence-corrected chi connectivity index (χ2v) is 7.66. The Balaban J connectivity index is 1.83. The fourth-order valence-corrected chi connectivity index (χ4v) is 4.25. The Bertz CT molecular complexity index is 910. The normalized spacial score (nSPS) is 15.3. The second-order valence-electron chi connectivity index (χ2n) is 5.72. The molecule has 1 amide bonds. The van der Waals surface area contributed by atoms with E-state index >= 15 is 0 Å². The van der Waals surface area contributed by atoms with Crippen molar-refractivity contribution >= 4 is 21.6 Å². The van der Waals surface area contributed by atoms with Gasteiger partial charge in [-0.25, -0.2) is 17.2 Å². The van der Waals surface area contributed by atoms with Gasteiger partial charge in [0.05, 0.1) is 10.5 Å². The highest BCUT2D eigenvalue weighted by Crippen LogP contribution is 2.23. The van der Waals surface area contributed by atoms with Crippen LogP contribution >= 0.6 is 0 Å². The molecule has 1 saturated heterocycles. The molecule has 0 saturated carbocycles. The first-order chi connectivity index (χ1) is 11.9. The van der Waals surface area contributed by atoms with Crippen molar-refractivity contribution in [3.8, 4) is 0 Å². The lowest BCUT2D eigenvalue weighted by Gasteiger charge is -2.16. The lowest BCUT2D eigenvalue weighted by Crippen LogP contribution is -2.28. The fraction of sp³-hybridized carbons (Fsp3) is 0.235. The molecule has 0 radical (unpaired) electrons. The molecule has 0 bridgehead atoms. The molecule has 1 heterocycles. The van der Waals surface area contributed by atoms with Crippen LogP contribution in [0.5, 0.6) is 0 Å². The third kappa shape index (κ3) is 3.69. The maximum absolute atomic E-state index is 13.7. The van der Waals surface area contributed by atoms with Crippen LogP contribution in [0.25, 0.3) is 0 Å². The molecule has 1 aliphatic rings. The van der Waals surface area contributed by atoms with E-state index in [9.17, 15) is 22.0 Å². The molecule has 0 atom stereocenters. The van der Waals surface area contributed by atoms with E-state index in [4.69, 9.17) is 0 Å². The quantitative estimate of drug-likeness (QED) is 0.905. The number of anilines is 1. The molecule has 132 valence electrons. The van der Waals surface area contributed by atoms with Gasteiger partial charge in [0, 0.05) is 24.8 Å². The van der Waals surface area contributed by atoms with Crippen LogP contribution in [0.3, 0.4) is 0 Å². The third-order valence-corrected chi connectivity index (χ3v) is 5.87. The maximum atomic E-state index is 13.7. The van der Waals surface area contributed by atoms with Crippen molar-refractivity contribution in [2.45, 2.75) is 17.7 Å². The van der Waals surface area contributed by atoms with Crippen molar-refractivity contribution in [3.05, 3.63) is 59.7 Å². The van der Waals surface area contributed by atoms with Gasteiger partial charge in [0.1, 0.15) is 11.6 Å². The second kappa shape index (κ2) is 6.89. The fourth-order valence-electron chi connectivity index (χ4n) is 2.68. The Labute approximate surface area is 144 Å². The van der Waals surface area contributed by atoms with Crippen molar-refractivity contribution in [2.24, 2.45) is 0 Å². The van der Waals surface area contributed by atoms with Crippen molar-refractivity contribution < 1.29 is 22.0 Å². The largest absolute Gasteiger partial charge is 0.322 e. The van der Waals surface area contributed by atoms with Gasteiger partial charge in [-0.1, -0.05) is 6.07 Å². The first-order valence-corrected chi connectivity index (χ1v) is 9.18. The number of hydrogen-bond donors (Lipinski definition) is 1. The van der Waals surface area contributed by atoms with Gasteiger partial charge in [-0.05, 0) is 43.2 Å². The lowest BCUT2D eigenvalue weighted by molar-refractivity contribution is 0.102. The number of halogens is 2. The summed E-state index contributed by atoms with van der Waals surface area (Å²) in [6.07, 6.45) is 1.64. The molecular weight excluding hydrogens is 350 g/mol. The molecule has 0 unspecified atom stereocenters. The Morgan fingerprint density at radius 3 is 2.44 bits per heavy atom. The van der Waals surface area contributed by atoms with Gasteiger partial charge >= 0.3 is 0 Å². The number of benzene rings is 2. The monoisotopic (exact) mass is 366 g/mol. The van der Waals surface area contributed by atoms with Crippen molar-refractivity contribution in [3.63, 3.8) is 0 Å². The first kappa shape index (κ1) is 17.5. The van der Waals surface area contributed by atoms with Crippen LogP contribution < -0.4 is 5.32 Å². The highest BCUT2D eigenvalue weighted by Gasteiger charge is 2.27. The number of carbonyl (C=O) groups excluding carboxylic acids is 1. The molecule has 1 aliphatic heterocycles. The van der Waals surface area contributed by atoms with Crippen molar-refractivity contribution in [1.82, 2.24) is 4.31 Å². The number of sulfonamides is 1. The molecule has 1 N–H and O–H groups in total. The van der Waals surface area contributed by atoms with Gasteiger partial charge in [-0.2, -0.15) is 4.31 Å². The topological polar surface area (TPSA) is 66.5 Å². The molecule has 0 spiro atoms. The van der Waals surface area contributed by atoms with Crippen LogP contribution in [-0.2, 0) is 10.0 Å². The number of rotatable bonds is 4. The first-order valence-electron chi connectivity index (χ1n) is 7.74. The third-order valence-electron chi connectivity index (χ3n) is 3.97. The summed E-state index contributed by atoms with van der Waals surface area (Å²) in [6.45, 7) is 0.944. The maximum Gasteiger partial charge on any atom is 0.258 e. The minimum atomic E-state index is -3.62. The number of amides is 1. The Kier molecular flexibility index (Phi) is 4.82. The van der Waals surface area contributed by atoms with Gasteiger partial charge in [-0.3, -0.25) is 4.79 Å². The van der Waals surface area contributed by atoms with Gasteiger partial charge in [0.25, 0.3) is 5.91 Å². The summed E-state index contributed by atoms with van der Waals surface area (Å²) in [5.41, 5.74) is -0.108. The minimum absolute atomic E-state index is 0.0618. The van der Waals surface area contributed by atoms with E-state index in [1.807, 2.05) is 0 Å². The Morgan fingerprint density at radius 2 is 1.76 bits per heavy atom. The van der Waals surface area contributed by atoms with Crippen LogP contribution in [0, 0.1) is 11.6 Å². The van der Waals surface area contributed by atoms with E-state index in [1.165, 1.54) is 28.6 Å². The van der Waals surface area contributed by atoms with Gasteiger partial charge in [0.15, 0.2) is 0 Å². The highest BCUT2D eigenvalue weighted by molar-refractivity contribution is 7.89. The molecule has 3 rings (SSSR count).